The highest BCUT2D eigenvalue weighted by molar-refractivity contribution is 6.34. The van der Waals surface area contributed by atoms with Crippen LogP contribution in [0.5, 0.6) is 0 Å². The van der Waals surface area contributed by atoms with E-state index in [-0.39, 0.29) is 37.0 Å². The van der Waals surface area contributed by atoms with E-state index < -0.39 is 11.4 Å². The first-order valence-corrected chi connectivity index (χ1v) is 6.36. The number of carbonyl (C=O) groups is 2. The molecule has 7 heteroatoms. The van der Waals surface area contributed by atoms with Gasteiger partial charge in [0, 0.05) is 24.1 Å². The minimum atomic E-state index is -1.59. The Kier molecular flexibility index (Phi) is 4.08. The standard InChI is InChI=1S/C12H11Cl2NO4/c13-8-3-10(14)15-5-7(8)4-12(11(17)18)6-19-2-1-9(12)16/h3,5H,1-2,4,6H2,(H,17,18). The summed E-state index contributed by atoms with van der Waals surface area (Å²) in [6.07, 6.45) is 1.42. The number of aliphatic carboxylic acids is 1. The Morgan fingerprint density at radius 2 is 2.26 bits per heavy atom. The van der Waals surface area contributed by atoms with Crippen molar-refractivity contribution in [3.63, 3.8) is 0 Å². The van der Waals surface area contributed by atoms with Gasteiger partial charge in [-0.1, -0.05) is 23.2 Å². The largest absolute Gasteiger partial charge is 0.480 e. The molecule has 1 N–H and O–H groups in total. The summed E-state index contributed by atoms with van der Waals surface area (Å²) in [6.45, 7) is 0.0978. The fraction of sp³-hybridized carbons (Fsp3) is 0.417. The zero-order valence-electron chi connectivity index (χ0n) is 9.86. The minimum Gasteiger partial charge on any atom is -0.480 e. The molecule has 0 bridgehead atoms. The Morgan fingerprint density at radius 1 is 1.53 bits per heavy atom. The first kappa shape index (κ1) is 14.2. The number of Topliss-reactive ketones (excluding diaryl/α,β-unsaturated/α-hetero) is 1. The molecule has 1 aromatic rings. The molecule has 0 radical (unpaired) electrons. The SMILES string of the molecule is O=C(O)C1(Cc2cnc(Cl)cc2Cl)COCCC1=O. The van der Waals surface area contributed by atoms with Crippen molar-refractivity contribution in [3.8, 4) is 0 Å². The molecule has 2 rings (SSSR count). The second-order valence-corrected chi connectivity index (χ2v) is 5.18. The maximum absolute atomic E-state index is 12.0. The number of carbonyl (C=O) groups excluding carboxylic acids is 1. The van der Waals surface area contributed by atoms with Crippen molar-refractivity contribution in [2.24, 2.45) is 5.41 Å². The third kappa shape index (κ3) is 2.73. The van der Waals surface area contributed by atoms with Crippen LogP contribution in [-0.4, -0.2) is 35.1 Å². The van der Waals surface area contributed by atoms with Gasteiger partial charge in [0.15, 0.2) is 11.2 Å². The third-order valence-corrected chi connectivity index (χ3v) is 3.71. The lowest BCUT2D eigenvalue weighted by Gasteiger charge is -2.31. The number of hydrogen-bond acceptors (Lipinski definition) is 4. The topological polar surface area (TPSA) is 76.5 Å². The molecule has 0 amide bonds. The van der Waals surface area contributed by atoms with Crippen LogP contribution in [0.3, 0.4) is 0 Å². The van der Waals surface area contributed by atoms with Crippen LogP contribution in [0, 0.1) is 5.41 Å². The Hall–Kier alpha value is -1.17. The summed E-state index contributed by atoms with van der Waals surface area (Å²) in [7, 11) is 0. The molecule has 0 saturated carbocycles. The highest BCUT2D eigenvalue weighted by Crippen LogP contribution is 2.32. The highest BCUT2D eigenvalue weighted by Gasteiger charge is 2.48. The summed E-state index contributed by atoms with van der Waals surface area (Å²) in [5, 5.41) is 9.88. The summed E-state index contributed by atoms with van der Waals surface area (Å²) in [6, 6.07) is 1.42. The fourth-order valence-electron chi connectivity index (χ4n) is 2.03. The van der Waals surface area contributed by atoms with Crippen LogP contribution in [0.1, 0.15) is 12.0 Å². The van der Waals surface area contributed by atoms with Crippen LogP contribution in [-0.2, 0) is 20.7 Å². The van der Waals surface area contributed by atoms with Crippen molar-refractivity contribution in [2.45, 2.75) is 12.8 Å². The monoisotopic (exact) mass is 303 g/mol. The number of ether oxygens (including phenoxy) is 1. The van der Waals surface area contributed by atoms with E-state index in [1.165, 1.54) is 12.3 Å². The maximum Gasteiger partial charge on any atom is 0.319 e. The number of carboxylic acid groups (broad SMARTS) is 1. The van der Waals surface area contributed by atoms with E-state index in [0.717, 1.165) is 0 Å². The Morgan fingerprint density at radius 3 is 2.84 bits per heavy atom. The van der Waals surface area contributed by atoms with Crippen LogP contribution < -0.4 is 0 Å². The second kappa shape index (κ2) is 5.45. The maximum atomic E-state index is 12.0. The summed E-state index contributed by atoms with van der Waals surface area (Å²) in [5.41, 5.74) is -1.12. The summed E-state index contributed by atoms with van der Waals surface area (Å²) in [5.74, 6) is -1.56. The highest BCUT2D eigenvalue weighted by atomic mass is 35.5. The molecule has 0 aliphatic carbocycles. The Bertz CT molecular complexity index is 534. The van der Waals surface area contributed by atoms with Crippen molar-refractivity contribution in [1.82, 2.24) is 4.98 Å². The van der Waals surface area contributed by atoms with E-state index in [2.05, 4.69) is 4.98 Å². The van der Waals surface area contributed by atoms with Gasteiger partial charge in [0.1, 0.15) is 5.15 Å². The quantitative estimate of drug-likeness (QED) is 0.682. The normalized spacial score (nSPS) is 23.4. The van der Waals surface area contributed by atoms with Crippen molar-refractivity contribution >= 4 is 35.0 Å². The third-order valence-electron chi connectivity index (χ3n) is 3.15. The molecule has 102 valence electrons. The van der Waals surface area contributed by atoms with Gasteiger partial charge in [-0.3, -0.25) is 9.59 Å². The fourth-order valence-corrected chi connectivity index (χ4v) is 2.46. The second-order valence-electron chi connectivity index (χ2n) is 4.39. The number of halogens is 2. The first-order valence-electron chi connectivity index (χ1n) is 5.60. The molecular weight excluding hydrogens is 293 g/mol. The van der Waals surface area contributed by atoms with Gasteiger partial charge in [0.25, 0.3) is 0 Å². The van der Waals surface area contributed by atoms with Crippen LogP contribution >= 0.6 is 23.2 Å². The average Bonchev–Trinajstić information content (AvgIpc) is 2.35. The molecule has 1 fully saturated rings. The molecular formula is C12H11Cl2NO4. The summed E-state index contributed by atoms with van der Waals surface area (Å²) in [4.78, 5) is 27.3. The van der Waals surface area contributed by atoms with E-state index in [4.69, 9.17) is 27.9 Å². The molecule has 1 aliphatic rings. The van der Waals surface area contributed by atoms with Crippen molar-refractivity contribution in [1.29, 1.82) is 0 Å². The molecule has 0 aromatic carbocycles. The first-order chi connectivity index (χ1) is 8.95. The van der Waals surface area contributed by atoms with Gasteiger partial charge in [-0.25, -0.2) is 4.98 Å². The van der Waals surface area contributed by atoms with Crippen LogP contribution in [0.2, 0.25) is 10.2 Å². The molecule has 1 aliphatic heterocycles. The van der Waals surface area contributed by atoms with E-state index in [9.17, 15) is 14.7 Å². The molecule has 19 heavy (non-hydrogen) atoms. The molecule has 0 spiro atoms. The lowest BCUT2D eigenvalue weighted by Crippen LogP contribution is -2.48. The van der Waals surface area contributed by atoms with Gasteiger partial charge in [0.2, 0.25) is 0 Å². The molecule has 2 heterocycles. The number of hydrogen-bond donors (Lipinski definition) is 1. The predicted molar refractivity (Wildman–Crippen MR) is 68.5 cm³/mol. The van der Waals surface area contributed by atoms with Gasteiger partial charge in [0.05, 0.1) is 13.2 Å². The average molecular weight is 304 g/mol. The van der Waals surface area contributed by atoms with E-state index in [0.29, 0.717) is 10.6 Å². The van der Waals surface area contributed by atoms with Gasteiger partial charge < -0.3 is 9.84 Å². The lowest BCUT2D eigenvalue weighted by atomic mass is 9.76. The molecule has 1 atom stereocenters. The number of rotatable bonds is 3. The van der Waals surface area contributed by atoms with Gasteiger partial charge in [-0.05, 0) is 11.6 Å². The van der Waals surface area contributed by atoms with Gasteiger partial charge in [-0.2, -0.15) is 0 Å². The van der Waals surface area contributed by atoms with E-state index >= 15 is 0 Å². The molecule has 1 unspecified atom stereocenters. The molecule has 1 saturated heterocycles. The van der Waals surface area contributed by atoms with Crippen molar-refractivity contribution in [3.05, 3.63) is 28.0 Å². The van der Waals surface area contributed by atoms with Crippen molar-refractivity contribution < 1.29 is 19.4 Å². The molecule has 1 aromatic heterocycles. The van der Waals surface area contributed by atoms with Gasteiger partial charge >= 0.3 is 5.97 Å². The summed E-state index contributed by atoms with van der Waals surface area (Å²) < 4.78 is 5.16. The number of aromatic nitrogens is 1. The van der Waals surface area contributed by atoms with Gasteiger partial charge in [-0.15, -0.1) is 0 Å². The van der Waals surface area contributed by atoms with E-state index in [1.807, 2.05) is 0 Å². The zero-order valence-corrected chi connectivity index (χ0v) is 11.4. The zero-order chi connectivity index (χ0) is 14.0. The lowest BCUT2D eigenvalue weighted by molar-refractivity contribution is -0.164. The Labute approximate surface area is 119 Å². The van der Waals surface area contributed by atoms with Crippen molar-refractivity contribution in [2.75, 3.05) is 13.2 Å². The molecule has 5 nitrogen and oxygen atoms in total. The minimum absolute atomic E-state index is 0.0514. The van der Waals surface area contributed by atoms with Crippen LogP contribution in [0.4, 0.5) is 0 Å². The summed E-state index contributed by atoms with van der Waals surface area (Å²) >= 11 is 11.7. The number of nitrogens with zero attached hydrogens (tertiary/aromatic N) is 1. The van der Waals surface area contributed by atoms with E-state index in [1.54, 1.807) is 0 Å². The predicted octanol–water partition coefficient (Wildman–Crippen LogP) is 1.99. The number of carboxylic acids is 1. The smallest absolute Gasteiger partial charge is 0.319 e. The number of pyridine rings is 1. The van der Waals surface area contributed by atoms with Crippen LogP contribution in [0.15, 0.2) is 12.3 Å². The Balaban J connectivity index is 2.36. The number of ketones is 1. The van der Waals surface area contributed by atoms with Crippen LogP contribution in [0.25, 0.3) is 0 Å².